The highest BCUT2D eigenvalue weighted by molar-refractivity contribution is 7.15. The Labute approximate surface area is 196 Å². The lowest BCUT2D eigenvalue weighted by molar-refractivity contribution is -0.121. The van der Waals surface area contributed by atoms with E-state index >= 15 is 0 Å². The monoisotopic (exact) mass is 465 g/mol. The van der Waals surface area contributed by atoms with E-state index in [-0.39, 0.29) is 18.4 Å². The first-order valence-corrected chi connectivity index (χ1v) is 11.6. The van der Waals surface area contributed by atoms with Gasteiger partial charge < -0.3 is 19.5 Å². The van der Waals surface area contributed by atoms with E-state index in [2.05, 4.69) is 10.3 Å². The molecule has 0 spiro atoms. The zero-order chi connectivity index (χ0) is 23.2. The molecular weight excluding hydrogens is 438 g/mol. The first-order chi connectivity index (χ1) is 16.1. The van der Waals surface area contributed by atoms with Gasteiger partial charge in [-0.05, 0) is 24.6 Å². The Hall–Kier alpha value is -3.36. The van der Waals surface area contributed by atoms with Crippen molar-refractivity contribution in [2.45, 2.75) is 19.4 Å². The van der Waals surface area contributed by atoms with Crippen LogP contribution in [0.25, 0.3) is 16.2 Å². The minimum Gasteiger partial charge on any atom is -0.493 e. The van der Waals surface area contributed by atoms with Gasteiger partial charge in [-0.1, -0.05) is 36.4 Å². The van der Waals surface area contributed by atoms with Crippen molar-refractivity contribution in [3.05, 3.63) is 71.4 Å². The zero-order valence-corrected chi connectivity index (χ0v) is 19.7. The molecule has 0 aliphatic heterocycles. The van der Waals surface area contributed by atoms with Crippen LogP contribution in [0.3, 0.4) is 0 Å². The SMILES string of the molecule is COCCOc1ccc(C(C)NC(=O)Cc2csc3nc(-c4ccccc4)cn23)cc1OC. The van der Waals surface area contributed by atoms with Crippen LogP contribution in [0.2, 0.25) is 0 Å². The minimum absolute atomic E-state index is 0.0588. The van der Waals surface area contributed by atoms with Gasteiger partial charge in [0, 0.05) is 29.9 Å². The Morgan fingerprint density at radius 3 is 2.70 bits per heavy atom. The molecule has 4 rings (SSSR count). The molecule has 1 unspecified atom stereocenters. The summed E-state index contributed by atoms with van der Waals surface area (Å²) in [5.74, 6) is 1.21. The standard InChI is InChI=1S/C25H27N3O4S/c1-17(19-9-10-22(23(13-19)31-3)32-12-11-30-2)26-24(29)14-20-16-33-25-27-21(15-28(20)25)18-7-5-4-6-8-18/h4-10,13,15-17H,11-12,14H2,1-3H3,(H,26,29). The highest BCUT2D eigenvalue weighted by Crippen LogP contribution is 2.30. The Bertz CT molecular complexity index is 1220. The molecule has 4 aromatic rings. The number of carbonyl (C=O) groups is 1. The van der Waals surface area contributed by atoms with Crippen molar-refractivity contribution in [2.24, 2.45) is 0 Å². The van der Waals surface area contributed by atoms with E-state index < -0.39 is 0 Å². The van der Waals surface area contributed by atoms with Crippen molar-refractivity contribution in [1.29, 1.82) is 0 Å². The molecule has 172 valence electrons. The van der Waals surface area contributed by atoms with Crippen LogP contribution in [0.15, 0.2) is 60.1 Å². The summed E-state index contributed by atoms with van der Waals surface area (Å²) in [6.45, 7) is 2.89. The number of amides is 1. The van der Waals surface area contributed by atoms with Gasteiger partial charge in [-0.15, -0.1) is 11.3 Å². The highest BCUT2D eigenvalue weighted by Gasteiger charge is 2.16. The minimum atomic E-state index is -0.184. The van der Waals surface area contributed by atoms with Crippen LogP contribution in [-0.2, 0) is 16.0 Å². The molecule has 0 aliphatic carbocycles. The Balaban J connectivity index is 1.42. The fourth-order valence-corrected chi connectivity index (χ4v) is 4.43. The lowest BCUT2D eigenvalue weighted by atomic mass is 10.1. The third-order valence-corrected chi connectivity index (χ3v) is 6.19. The number of hydrogen-bond donors (Lipinski definition) is 1. The molecule has 0 aliphatic rings. The Morgan fingerprint density at radius 1 is 1.12 bits per heavy atom. The number of hydrogen-bond acceptors (Lipinski definition) is 6. The van der Waals surface area contributed by atoms with Gasteiger partial charge in [-0.3, -0.25) is 9.20 Å². The van der Waals surface area contributed by atoms with E-state index in [0.717, 1.165) is 27.5 Å². The second kappa shape index (κ2) is 10.5. The molecule has 1 amide bonds. The van der Waals surface area contributed by atoms with E-state index in [1.807, 2.05) is 71.4 Å². The van der Waals surface area contributed by atoms with Gasteiger partial charge in [0.25, 0.3) is 0 Å². The summed E-state index contributed by atoms with van der Waals surface area (Å²) in [5, 5.41) is 5.06. The molecule has 0 bridgehead atoms. The molecular formula is C25H27N3O4S. The maximum atomic E-state index is 12.8. The quantitative estimate of drug-likeness (QED) is 0.349. The summed E-state index contributed by atoms with van der Waals surface area (Å²) < 4.78 is 18.2. The largest absolute Gasteiger partial charge is 0.493 e. The van der Waals surface area contributed by atoms with Crippen molar-refractivity contribution in [3.8, 4) is 22.8 Å². The number of aromatic nitrogens is 2. The van der Waals surface area contributed by atoms with Gasteiger partial charge in [0.1, 0.15) is 6.61 Å². The number of fused-ring (bicyclic) bond motifs is 1. The molecule has 0 fully saturated rings. The smallest absolute Gasteiger partial charge is 0.226 e. The van der Waals surface area contributed by atoms with Crippen LogP contribution in [-0.4, -0.2) is 42.7 Å². The van der Waals surface area contributed by atoms with Gasteiger partial charge in [0.05, 0.1) is 31.9 Å². The van der Waals surface area contributed by atoms with Gasteiger partial charge >= 0.3 is 0 Å². The molecule has 0 saturated heterocycles. The summed E-state index contributed by atoms with van der Waals surface area (Å²) in [6, 6.07) is 15.5. The summed E-state index contributed by atoms with van der Waals surface area (Å²) in [5.41, 5.74) is 3.80. The maximum absolute atomic E-state index is 12.8. The predicted molar refractivity (Wildman–Crippen MR) is 129 cm³/mol. The molecule has 1 N–H and O–H groups in total. The first kappa shape index (κ1) is 22.8. The van der Waals surface area contributed by atoms with Gasteiger partial charge in [-0.25, -0.2) is 4.98 Å². The number of imidazole rings is 1. The van der Waals surface area contributed by atoms with Crippen LogP contribution in [0.4, 0.5) is 0 Å². The number of methoxy groups -OCH3 is 2. The summed E-state index contributed by atoms with van der Waals surface area (Å²) in [7, 11) is 3.23. The molecule has 0 radical (unpaired) electrons. The lowest BCUT2D eigenvalue weighted by Crippen LogP contribution is -2.28. The zero-order valence-electron chi connectivity index (χ0n) is 18.9. The number of rotatable bonds is 10. The van der Waals surface area contributed by atoms with Gasteiger partial charge in [0.2, 0.25) is 5.91 Å². The number of carbonyl (C=O) groups excluding carboxylic acids is 1. The number of thiazole rings is 1. The number of nitrogens with zero attached hydrogens (tertiary/aromatic N) is 2. The fraction of sp³-hybridized carbons (Fsp3) is 0.280. The Morgan fingerprint density at radius 2 is 1.94 bits per heavy atom. The van der Waals surface area contributed by atoms with E-state index in [4.69, 9.17) is 14.2 Å². The van der Waals surface area contributed by atoms with E-state index in [9.17, 15) is 4.79 Å². The van der Waals surface area contributed by atoms with Gasteiger partial charge in [-0.2, -0.15) is 0 Å². The number of ether oxygens (including phenoxy) is 3. The van der Waals surface area contributed by atoms with Crippen LogP contribution in [0.1, 0.15) is 24.2 Å². The molecule has 2 aromatic heterocycles. The van der Waals surface area contributed by atoms with Crippen LogP contribution in [0.5, 0.6) is 11.5 Å². The molecule has 33 heavy (non-hydrogen) atoms. The third kappa shape index (κ3) is 5.35. The average molecular weight is 466 g/mol. The molecule has 1 atom stereocenters. The van der Waals surface area contributed by atoms with Crippen LogP contribution in [0, 0.1) is 0 Å². The third-order valence-electron chi connectivity index (χ3n) is 5.30. The summed E-state index contributed by atoms with van der Waals surface area (Å²) in [6.07, 6.45) is 2.25. The molecule has 7 nitrogen and oxygen atoms in total. The van der Waals surface area contributed by atoms with Crippen molar-refractivity contribution in [3.63, 3.8) is 0 Å². The van der Waals surface area contributed by atoms with Crippen LogP contribution >= 0.6 is 11.3 Å². The molecule has 0 saturated carbocycles. The first-order valence-electron chi connectivity index (χ1n) is 10.7. The second-order valence-electron chi connectivity index (χ2n) is 7.59. The number of nitrogens with one attached hydrogen (secondary N) is 1. The average Bonchev–Trinajstić information content (AvgIpc) is 3.42. The number of benzene rings is 2. The summed E-state index contributed by atoms with van der Waals surface area (Å²) >= 11 is 1.53. The highest BCUT2D eigenvalue weighted by atomic mass is 32.1. The summed E-state index contributed by atoms with van der Waals surface area (Å²) in [4.78, 5) is 18.4. The van der Waals surface area contributed by atoms with Crippen LogP contribution < -0.4 is 14.8 Å². The van der Waals surface area contributed by atoms with Gasteiger partial charge in [0.15, 0.2) is 16.5 Å². The van der Waals surface area contributed by atoms with Crippen molar-refractivity contribution < 1.29 is 19.0 Å². The van der Waals surface area contributed by atoms with Crippen molar-refractivity contribution in [2.75, 3.05) is 27.4 Å². The molecule has 2 aromatic carbocycles. The topological polar surface area (TPSA) is 74.1 Å². The molecule has 8 heteroatoms. The lowest BCUT2D eigenvalue weighted by Gasteiger charge is -2.17. The van der Waals surface area contributed by atoms with E-state index in [0.29, 0.717) is 24.7 Å². The fourth-order valence-electron chi connectivity index (χ4n) is 3.55. The second-order valence-corrected chi connectivity index (χ2v) is 8.43. The van der Waals surface area contributed by atoms with Crippen molar-refractivity contribution >= 4 is 22.2 Å². The van der Waals surface area contributed by atoms with E-state index in [1.165, 1.54) is 11.3 Å². The van der Waals surface area contributed by atoms with E-state index in [1.54, 1.807) is 14.2 Å². The maximum Gasteiger partial charge on any atom is 0.226 e. The van der Waals surface area contributed by atoms with Crippen molar-refractivity contribution in [1.82, 2.24) is 14.7 Å². The normalized spacial score (nSPS) is 12.0. The predicted octanol–water partition coefficient (Wildman–Crippen LogP) is 4.52. The Kier molecular flexibility index (Phi) is 7.26. The molecule has 2 heterocycles.